The number of anilines is 2. The SMILES string of the molecule is COc1ccc(NCC(=O)Nc2ccc(Cl)cc2C)c(S(C)(=O)=O)c1OC. The predicted octanol–water partition coefficient (Wildman–Crippen LogP) is 3.12. The molecular formula is C18H21ClN2O5S. The van der Waals surface area contributed by atoms with E-state index >= 15 is 0 Å². The lowest BCUT2D eigenvalue weighted by Gasteiger charge is -2.17. The van der Waals surface area contributed by atoms with Crippen LogP contribution in [0.4, 0.5) is 11.4 Å². The first kappa shape index (κ1) is 20.9. The zero-order chi connectivity index (χ0) is 20.2. The first-order valence-corrected chi connectivity index (χ1v) is 10.2. The molecule has 0 fully saturated rings. The summed E-state index contributed by atoms with van der Waals surface area (Å²) in [6, 6.07) is 8.21. The number of methoxy groups -OCH3 is 2. The zero-order valence-corrected chi connectivity index (χ0v) is 17.0. The summed E-state index contributed by atoms with van der Waals surface area (Å²) < 4.78 is 34.8. The molecule has 0 atom stereocenters. The van der Waals surface area contributed by atoms with Crippen LogP contribution in [0.1, 0.15) is 5.56 Å². The van der Waals surface area contributed by atoms with Gasteiger partial charge in [0.2, 0.25) is 5.91 Å². The lowest BCUT2D eigenvalue weighted by atomic mass is 10.2. The van der Waals surface area contributed by atoms with Gasteiger partial charge >= 0.3 is 0 Å². The Kier molecular flexibility index (Phi) is 6.56. The number of aryl methyl sites for hydroxylation is 1. The van der Waals surface area contributed by atoms with Crippen LogP contribution in [0.2, 0.25) is 5.02 Å². The van der Waals surface area contributed by atoms with Crippen LogP contribution >= 0.6 is 11.6 Å². The molecule has 0 aliphatic heterocycles. The molecule has 2 aromatic carbocycles. The zero-order valence-electron chi connectivity index (χ0n) is 15.4. The average molecular weight is 413 g/mol. The number of hydrogen-bond acceptors (Lipinski definition) is 6. The molecule has 0 aliphatic carbocycles. The van der Waals surface area contributed by atoms with E-state index in [4.69, 9.17) is 21.1 Å². The van der Waals surface area contributed by atoms with Gasteiger partial charge in [-0.3, -0.25) is 4.79 Å². The van der Waals surface area contributed by atoms with Gasteiger partial charge in [-0.2, -0.15) is 0 Å². The molecule has 2 aromatic rings. The maximum atomic E-state index is 12.2. The van der Waals surface area contributed by atoms with Gasteiger partial charge in [0.1, 0.15) is 4.90 Å². The summed E-state index contributed by atoms with van der Waals surface area (Å²) in [5, 5.41) is 6.17. The van der Waals surface area contributed by atoms with Crippen LogP contribution in [0, 0.1) is 6.92 Å². The molecule has 0 bridgehead atoms. The summed E-state index contributed by atoms with van der Waals surface area (Å²) in [6.07, 6.45) is 1.06. The van der Waals surface area contributed by atoms with Gasteiger partial charge in [0.15, 0.2) is 21.3 Å². The van der Waals surface area contributed by atoms with Gasteiger partial charge in [-0.25, -0.2) is 8.42 Å². The first-order chi connectivity index (χ1) is 12.7. The first-order valence-electron chi connectivity index (χ1n) is 7.92. The van der Waals surface area contributed by atoms with Gasteiger partial charge in [-0.05, 0) is 42.8 Å². The quantitative estimate of drug-likeness (QED) is 0.725. The van der Waals surface area contributed by atoms with E-state index in [1.54, 1.807) is 24.3 Å². The summed E-state index contributed by atoms with van der Waals surface area (Å²) in [5.74, 6) is 0.0262. The minimum atomic E-state index is -3.64. The molecule has 146 valence electrons. The van der Waals surface area contributed by atoms with Gasteiger partial charge in [-0.1, -0.05) is 11.6 Å². The van der Waals surface area contributed by atoms with Crippen molar-refractivity contribution in [3.05, 3.63) is 40.9 Å². The van der Waals surface area contributed by atoms with Crippen LogP contribution in [0.5, 0.6) is 11.5 Å². The van der Waals surface area contributed by atoms with Crippen molar-refractivity contribution in [2.45, 2.75) is 11.8 Å². The normalized spacial score (nSPS) is 11.0. The third kappa shape index (κ3) is 5.05. The minimum Gasteiger partial charge on any atom is -0.493 e. The number of hydrogen-bond donors (Lipinski definition) is 2. The van der Waals surface area contributed by atoms with Crippen LogP contribution in [0.25, 0.3) is 0 Å². The Morgan fingerprint density at radius 3 is 2.33 bits per heavy atom. The third-order valence-corrected chi connectivity index (χ3v) is 5.15. The van der Waals surface area contributed by atoms with Crippen LogP contribution in [-0.2, 0) is 14.6 Å². The van der Waals surface area contributed by atoms with E-state index in [2.05, 4.69) is 10.6 Å². The number of carbonyl (C=O) groups excluding carboxylic acids is 1. The second-order valence-corrected chi connectivity index (χ2v) is 8.20. The Bertz CT molecular complexity index is 960. The van der Waals surface area contributed by atoms with E-state index in [1.807, 2.05) is 6.92 Å². The summed E-state index contributed by atoms with van der Waals surface area (Å²) in [5.41, 5.74) is 1.69. The molecule has 1 amide bonds. The maximum absolute atomic E-state index is 12.2. The number of sulfone groups is 1. The van der Waals surface area contributed by atoms with Gasteiger partial charge in [-0.15, -0.1) is 0 Å². The fourth-order valence-corrected chi connectivity index (χ4v) is 3.83. The molecule has 9 heteroatoms. The van der Waals surface area contributed by atoms with E-state index in [9.17, 15) is 13.2 Å². The highest BCUT2D eigenvalue weighted by Gasteiger charge is 2.23. The van der Waals surface area contributed by atoms with Crippen LogP contribution < -0.4 is 20.1 Å². The van der Waals surface area contributed by atoms with Gasteiger partial charge in [0.05, 0.1) is 26.5 Å². The highest BCUT2D eigenvalue weighted by molar-refractivity contribution is 7.91. The molecule has 0 aliphatic rings. The average Bonchev–Trinajstić information content (AvgIpc) is 2.60. The summed E-state index contributed by atoms with van der Waals surface area (Å²) in [6.45, 7) is 1.69. The maximum Gasteiger partial charge on any atom is 0.243 e. The fraction of sp³-hybridized carbons (Fsp3) is 0.278. The standard InChI is InChI=1S/C18H21ClN2O5S/c1-11-9-12(19)5-6-13(11)21-16(22)10-20-14-7-8-15(25-2)17(26-3)18(14)27(4,23)24/h5-9,20H,10H2,1-4H3,(H,21,22). The molecule has 7 nitrogen and oxygen atoms in total. The molecular weight excluding hydrogens is 392 g/mol. The van der Waals surface area contributed by atoms with Crippen molar-refractivity contribution < 1.29 is 22.7 Å². The molecule has 0 saturated carbocycles. The molecule has 0 heterocycles. The molecule has 0 unspecified atom stereocenters. The minimum absolute atomic E-state index is 0.0696. The largest absolute Gasteiger partial charge is 0.493 e. The smallest absolute Gasteiger partial charge is 0.243 e. The van der Waals surface area contributed by atoms with Crippen molar-refractivity contribution in [2.75, 3.05) is 37.7 Å². The monoisotopic (exact) mass is 412 g/mol. The van der Waals surface area contributed by atoms with Crippen LogP contribution in [-0.4, -0.2) is 41.3 Å². The number of ether oxygens (including phenoxy) is 2. The number of benzene rings is 2. The van der Waals surface area contributed by atoms with Gasteiger partial charge in [0, 0.05) is 17.0 Å². The predicted molar refractivity (Wildman–Crippen MR) is 106 cm³/mol. The third-order valence-electron chi connectivity index (χ3n) is 3.77. The van der Waals surface area contributed by atoms with Crippen molar-refractivity contribution in [1.82, 2.24) is 0 Å². The number of halogens is 1. The van der Waals surface area contributed by atoms with E-state index in [0.29, 0.717) is 10.7 Å². The molecule has 27 heavy (non-hydrogen) atoms. The molecule has 0 aromatic heterocycles. The molecule has 0 spiro atoms. The molecule has 2 N–H and O–H groups in total. The Morgan fingerprint density at radius 2 is 1.78 bits per heavy atom. The lowest BCUT2D eigenvalue weighted by Crippen LogP contribution is -2.23. The highest BCUT2D eigenvalue weighted by Crippen LogP contribution is 2.39. The second kappa shape index (κ2) is 8.49. The summed E-state index contributed by atoms with van der Waals surface area (Å²) in [7, 11) is -0.872. The molecule has 2 rings (SSSR count). The van der Waals surface area contributed by atoms with Crippen LogP contribution in [0.3, 0.4) is 0 Å². The number of amides is 1. The number of nitrogens with one attached hydrogen (secondary N) is 2. The van der Waals surface area contributed by atoms with E-state index in [1.165, 1.54) is 20.3 Å². The van der Waals surface area contributed by atoms with Crippen molar-refractivity contribution in [1.29, 1.82) is 0 Å². The van der Waals surface area contributed by atoms with Crippen molar-refractivity contribution in [3.8, 4) is 11.5 Å². The van der Waals surface area contributed by atoms with E-state index in [0.717, 1.165) is 11.8 Å². The highest BCUT2D eigenvalue weighted by atomic mass is 35.5. The van der Waals surface area contributed by atoms with Crippen molar-refractivity contribution in [3.63, 3.8) is 0 Å². The van der Waals surface area contributed by atoms with Crippen LogP contribution in [0.15, 0.2) is 35.2 Å². The summed E-state index contributed by atoms with van der Waals surface area (Å²) >= 11 is 5.90. The fourth-order valence-electron chi connectivity index (χ4n) is 2.54. The molecule has 0 saturated heterocycles. The molecule has 0 radical (unpaired) electrons. The van der Waals surface area contributed by atoms with E-state index < -0.39 is 9.84 Å². The number of rotatable bonds is 7. The van der Waals surface area contributed by atoms with Crippen molar-refractivity contribution in [2.24, 2.45) is 0 Å². The van der Waals surface area contributed by atoms with Crippen molar-refractivity contribution >= 4 is 38.7 Å². The second-order valence-electron chi connectivity index (χ2n) is 5.81. The Hall–Kier alpha value is -2.45. The van der Waals surface area contributed by atoms with Gasteiger partial charge < -0.3 is 20.1 Å². The summed E-state index contributed by atoms with van der Waals surface area (Å²) in [4.78, 5) is 12.2. The lowest BCUT2D eigenvalue weighted by molar-refractivity contribution is -0.114. The Balaban J connectivity index is 2.23. The number of carbonyl (C=O) groups is 1. The topological polar surface area (TPSA) is 93.7 Å². The van der Waals surface area contributed by atoms with E-state index in [-0.39, 0.29) is 34.5 Å². The van der Waals surface area contributed by atoms with Gasteiger partial charge in [0.25, 0.3) is 0 Å². The Labute approximate surface area is 163 Å². The Morgan fingerprint density at radius 1 is 1.11 bits per heavy atom.